The molecule has 1 N–H and O–H groups in total. The van der Waals surface area contributed by atoms with E-state index in [1.165, 1.54) is 33.4 Å². The zero-order chi connectivity index (χ0) is 22.3. The molecule has 158 valence electrons. The van der Waals surface area contributed by atoms with E-state index in [1.807, 2.05) is 34.6 Å². The van der Waals surface area contributed by atoms with E-state index in [0.29, 0.717) is 6.42 Å². The second kappa shape index (κ2) is 16.8. The molecule has 0 fully saturated rings. The van der Waals surface area contributed by atoms with Crippen LogP contribution in [0.15, 0.2) is 57.2 Å². The SMILES string of the molecule is C=C(C)/C(C)=C(C)\C=C(/CC)C(O)C/C(C)=C(/C)C(C)=C(C)C.CC.CC. The number of aliphatic hydroxyl groups excluding tert-OH is 1. The summed E-state index contributed by atoms with van der Waals surface area (Å²) in [4.78, 5) is 0. The molecule has 1 unspecified atom stereocenters. The number of rotatable bonds is 7. The molecule has 0 aromatic heterocycles. The molecular weight excluding hydrogens is 328 g/mol. The van der Waals surface area contributed by atoms with Crippen molar-refractivity contribution >= 4 is 0 Å². The third-order valence-electron chi connectivity index (χ3n) is 4.92. The summed E-state index contributed by atoms with van der Waals surface area (Å²) in [5.74, 6) is 0. The predicted octanol–water partition coefficient (Wildman–Crippen LogP) is 8.73. The molecule has 1 atom stereocenters. The Morgan fingerprint density at radius 1 is 0.815 bits per heavy atom. The fourth-order valence-electron chi connectivity index (χ4n) is 2.43. The zero-order valence-corrected chi connectivity index (χ0v) is 20.7. The molecule has 1 heteroatoms. The van der Waals surface area contributed by atoms with E-state index in [1.54, 1.807) is 0 Å². The molecule has 0 saturated heterocycles. The highest BCUT2D eigenvalue weighted by Crippen LogP contribution is 2.24. The first-order chi connectivity index (χ1) is 12.5. The van der Waals surface area contributed by atoms with E-state index < -0.39 is 6.10 Å². The molecule has 0 amide bonds. The van der Waals surface area contributed by atoms with Gasteiger partial charge in [-0.05, 0) is 96.1 Å². The quantitative estimate of drug-likeness (QED) is 0.440. The second-order valence-corrected chi connectivity index (χ2v) is 6.91. The van der Waals surface area contributed by atoms with Gasteiger partial charge in [-0.1, -0.05) is 64.0 Å². The Morgan fingerprint density at radius 2 is 1.26 bits per heavy atom. The van der Waals surface area contributed by atoms with Crippen LogP contribution in [0, 0.1) is 0 Å². The maximum absolute atomic E-state index is 10.7. The van der Waals surface area contributed by atoms with E-state index in [9.17, 15) is 5.11 Å². The minimum atomic E-state index is -0.423. The molecule has 0 aliphatic rings. The van der Waals surface area contributed by atoms with Gasteiger partial charge in [-0.15, -0.1) is 0 Å². The van der Waals surface area contributed by atoms with Gasteiger partial charge < -0.3 is 5.11 Å². The van der Waals surface area contributed by atoms with Crippen LogP contribution in [0.2, 0.25) is 0 Å². The van der Waals surface area contributed by atoms with Gasteiger partial charge in [0.15, 0.2) is 0 Å². The van der Waals surface area contributed by atoms with Gasteiger partial charge in [-0.2, -0.15) is 0 Å². The van der Waals surface area contributed by atoms with Gasteiger partial charge in [-0.25, -0.2) is 0 Å². The number of aliphatic hydroxyl groups is 1. The van der Waals surface area contributed by atoms with E-state index in [2.05, 4.69) is 68.0 Å². The Morgan fingerprint density at radius 3 is 1.59 bits per heavy atom. The second-order valence-electron chi connectivity index (χ2n) is 6.91. The molecule has 27 heavy (non-hydrogen) atoms. The van der Waals surface area contributed by atoms with Gasteiger partial charge in [0.25, 0.3) is 0 Å². The van der Waals surface area contributed by atoms with Crippen molar-refractivity contribution in [3.05, 3.63) is 57.2 Å². The zero-order valence-electron chi connectivity index (χ0n) is 20.7. The summed E-state index contributed by atoms with van der Waals surface area (Å²) in [5.41, 5.74) is 9.77. The van der Waals surface area contributed by atoms with Gasteiger partial charge in [0.1, 0.15) is 0 Å². The number of hydrogen-bond donors (Lipinski definition) is 1. The van der Waals surface area contributed by atoms with Crippen LogP contribution in [0.3, 0.4) is 0 Å². The highest BCUT2D eigenvalue weighted by molar-refractivity contribution is 5.38. The largest absolute Gasteiger partial charge is 0.388 e. The first-order valence-corrected chi connectivity index (χ1v) is 10.6. The maximum Gasteiger partial charge on any atom is 0.0790 e. The third-order valence-corrected chi connectivity index (χ3v) is 4.92. The topological polar surface area (TPSA) is 20.2 Å². The van der Waals surface area contributed by atoms with Crippen molar-refractivity contribution in [1.82, 2.24) is 0 Å². The lowest BCUT2D eigenvalue weighted by molar-refractivity contribution is 0.207. The molecule has 0 radical (unpaired) electrons. The lowest BCUT2D eigenvalue weighted by Gasteiger charge is -2.18. The average molecular weight is 377 g/mol. The predicted molar refractivity (Wildman–Crippen MR) is 127 cm³/mol. The molecule has 1 nitrogen and oxygen atoms in total. The molecule has 0 aromatic carbocycles. The molecule has 0 aromatic rings. The van der Waals surface area contributed by atoms with Gasteiger partial charge >= 0.3 is 0 Å². The van der Waals surface area contributed by atoms with Gasteiger partial charge in [0.05, 0.1) is 6.10 Å². The molecule has 0 spiro atoms. The summed E-state index contributed by atoms with van der Waals surface area (Å²) in [6.45, 7) is 31.0. The lowest BCUT2D eigenvalue weighted by Crippen LogP contribution is -2.11. The Labute approximate surface area is 171 Å². The van der Waals surface area contributed by atoms with Crippen molar-refractivity contribution in [2.24, 2.45) is 0 Å². The fourth-order valence-corrected chi connectivity index (χ4v) is 2.43. The van der Waals surface area contributed by atoms with Crippen LogP contribution in [0.5, 0.6) is 0 Å². The van der Waals surface area contributed by atoms with E-state index >= 15 is 0 Å². The van der Waals surface area contributed by atoms with Crippen molar-refractivity contribution in [1.29, 1.82) is 0 Å². The molecule has 0 aliphatic heterocycles. The number of hydrogen-bond acceptors (Lipinski definition) is 1. The van der Waals surface area contributed by atoms with E-state index in [0.717, 1.165) is 17.6 Å². The standard InChI is InChI=1S/C22H36O.2C2H6/c1-11-21(12-16(6)18(8)14(2)3)22(23)13-17(7)20(10)19(9)15(4)5;2*1-2/h12,22-23H,2,11,13H2,1,3-10H3;2*1-2H3/b18-16-,20-17-,21-12+;;. The summed E-state index contributed by atoms with van der Waals surface area (Å²) >= 11 is 0. The van der Waals surface area contributed by atoms with Crippen LogP contribution >= 0.6 is 0 Å². The summed E-state index contributed by atoms with van der Waals surface area (Å²) in [5, 5.41) is 10.7. The third kappa shape index (κ3) is 11.9. The summed E-state index contributed by atoms with van der Waals surface area (Å²) in [6.07, 6.45) is 3.25. The minimum absolute atomic E-state index is 0.423. The Balaban J connectivity index is -0.00000134. The van der Waals surface area contributed by atoms with Gasteiger partial charge in [-0.3, -0.25) is 0 Å². The van der Waals surface area contributed by atoms with Crippen LogP contribution in [-0.2, 0) is 0 Å². The highest BCUT2D eigenvalue weighted by Gasteiger charge is 2.12. The van der Waals surface area contributed by atoms with Crippen LogP contribution < -0.4 is 0 Å². The number of allylic oxidation sites excluding steroid dienone is 7. The summed E-state index contributed by atoms with van der Waals surface area (Å²) < 4.78 is 0. The van der Waals surface area contributed by atoms with Crippen molar-refractivity contribution in [3.8, 4) is 0 Å². The summed E-state index contributed by atoms with van der Waals surface area (Å²) in [7, 11) is 0. The van der Waals surface area contributed by atoms with Crippen LogP contribution in [0.1, 0.15) is 103 Å². The lowest BCUT2D eigenvalue weighted by atomic mass is 9.92. The van der Waals surface area contributed by atoms with Gasteiger partial charge in [0.2, 0.25) is 0 Å². The maximum atomic E-state index is 10.7. The van der Waals surface area contributed by atoms with Crippen LogP contribution in [0.4, 0.5) is 0 Å². The molecule has 0 rings (SSSR count). The molecule has 0 bridgehead atoms. The Bertz CT molecular complexity index is 561. The average Bonchev–Trinajstić information content (AvgIpc) is 2.66. The van der Waals surface area contributed by atoms with Gasteiger partial charge in [0, 0.05) is 0 Å². The van der Waals surface area contributed by atoms with Crippen molar-refractivity contribution < 1.29 is 5.11 Å². The van der Waals surface area contributed by atoms with Crippen LogP contribution in [0.25, 0.3) is 0 Å². The Kier molecular flexibility index (Phi) is 18.9. The molecule has 0 heterocycles. The minimum Gasteiger partial charge on any atom is -0.388 e. The monoisotopic (exact) mass is 376 g/mol. The first kappa shape index (κ1) is 30.4. The Hall–Kier alpha value is -1.34. The normalized spacial score (nSPS) is 13.8. The molecule has 0 aliphatic carbocycles. The van der Waals surface area contributed by atoms with Crippen LogP contribution in [-0.4, -0.2) is 11.2 Å². The highest BCUT2D eigenvalue weighted by atomic mass is 16.3. The molecule has 0 saturated carbocycles. The smallest absolute Gasteiger partial charge is 0.0790 e. The first-order valence-electron chi connectivity index (χ1n) is 10.6. The molecular formula is C26H48O. The van der Waals surface area contributed by atoms with Crippen molar-refractivity contribution in [2.75, 3.05) is 0 Å². The van der Waals surface area contributed by atoms with E-state index in [-0.39, 0.29) is 0 Å². The van der Waals surface area contributed by atoms with Crippen molar-refractivity contribution in [3.63, 3.8) is 0 Å². The summed E-state index contributed by atoms with van der Waals surface area (Å²) in [6, 6.07) is 0. The fraction of sp³-hybridized carbons (Fsp3) is 0.615. The van der Waals surface area contributed by atoms with Crippen molar-refractivity contribution in [2.45, 2.75) is 109 Å². The van der Waals surface area contributed by atoms with E-state index in [4.69, 9.17) is 0 Å².